The molecule has 2 N–H and O–H groups in total. The van der Waals surface area contributed by atoms with Gasteiger partial charge in [-0.25, -0.2) is 0 Å². The van der Waals surface area contributed by atoms with Crippen LogP contribution in [-0.4, -0.2) is 23.4 Å². The molecule has 0 aliphatic heterocycles. The molecule has 6 heteroatoms. The fourth-order valence-electron chi connectivity index (χ4n) is 2.68. The van der Waals surface area contributed by atoms with Gasteiger partial charge in [-0.1, -0.05) is 19.3 Å². The topological polar surface area (TPSA) is 84.3 Å². The highest BCUT2D eigenvalue weighted by molar-refractivity contribution is 5.96. The van der Waals surface area contributed by atoms with E-state index in [1.165, 1.54) is 18.6 Å². The Bertz CT molecular complexity index is 525. The molecule has 0 heterocycles. The molecule has 0 spiro atoms. The normalized spacial score (nSPS) is 15.5. The van der Waals surface area contributed by atoms with Gasteiger partial charge >= 0.3 is 0 Å². The monoisotopic (exact) mass is 291 g/mol. The third kappa shape index (κ3) is 3.93. The summed E-state index contributed by atoms with van der Waals surface area (Å²) in [5, 5.41) is 16.9. The summed E-state index contributed by atoms with van der Waals surface area (Å²) in [6.45, 7) is 2.42. The van der Waals surface area contributed by atoms with Gasteiger partial charge in [-0.15, -0.1) is 0 Å². The molecule has 1 amide bonds. The zero-order chi connectivity index (χ0) is 15.2. The number of carbonyl (C=O) groups excluding carboxylic acids is 1. The Hall–Kier alpha value is -2.11. The third-order valence-corrected chi connectivity index (χ3v) is 3.76. The summed E-state index contributed by atoms with van der Waals surface area (Å²) in [7, 11) is 0. The Morgan fingerprint density at radius 3 is 2.67 bits per heavy atom. The number of amides is 1. The lowest BCUT2D eigenvalue weighted by atomic mass is 9.95. The largest absolute Gasteiger partial charge is 0.380 e. The molecule has 0 unspecified atom stereocenters. The number of hydrogen-bond acceptors (Lipinski definition) is 4. The Labute approximate surface area is 124 Å². The van der Waals surface area contributed by atoms with E-state index in [-0.39, 0.29) is 17.6 Å². The van der Waals surface area contributed by atoms with Gasteiger partial charge in [0.15, 0.2) is 0 Å². The fraction of sp³-hybridized carbons (Fsp3) is 0.533. The van der Waals surface area contributed by atoms with E-state index in [0.29, 0.717) is 17.8 Å². The van der Waals surface area contributed by atoms with E-state index in [1.807, 2.05) is 6.92 Å². The molecule has 0 aromatic heterocycles. The van der Waals surface area contributed by atoms with Gasteiger partial charge in [0.2, 0.25) is 0 Å². The van der Waals surface area contributed by atoms with Gasteiger partial charge in [0.25, 0.3) is 11.6 Å². The number of carbonyl (C=O) groups is 1. The maximum absolute atomic E-state index is 12.2. The van der Waals surface area contributed by atoms with Crippen LogP contribution >= 0.6 is 0 Å². The summed E-state index contributed by atoms with van der Waals surface area (Å²) < 4.78 is 0. The molecule has 114 valence electrons. The molecule has 21 heavy (non-hydrogen) atoms. The minimum absolute atomic E-state index is 0.00827. The van der Waals surface area contributed by atoms with E-state index >= 15 is 0 Å². The van der Waals surface area contributed by atoms with Crippen molar-refractivity contribution in [2.45, 2.75) is 45.1 Å². The van der Waals surface area contributed by atoms with Crippen LogP contribution in [0.25, 0.3) is 0 Å². The van der Waals surface area contributed by atoms with Gasteiger partial charge in [-0.3, -0.25) is 14.9 Å². The molecular weight excluding hydrogens is 270 g/mol. The lowest BCUT2D eigenvalue weighted by Gasteiger charge is -2.22. The van der Waals surface area contributed by atoms with Crippen LogP contribution in [0, 0.1) is 10.1 Å². The number of anilines is 1. The van der Waals surface area contributed by atoms with Crippen LogP contribution < -0.4 is 10.6 Å². The van der Waals surface area contributed by atoms with Crippen molar-refractivity contribution in [3.8, 4) is 0 Å². The van der Waals surface area contributed by atoms with Crippen molar-refractivity contribution in [2.75, 3.05) is 11.9 Å². The number of nitro benzene ring substituents is 1. The molecule has 1 aliphatic carbocycles. The molecule has 2 rings (SSSR count). The molecule has 1 aromatic rings. The van der Waals surface area contributed by atoms with Crippen LogP contribution in [-0.2, 0) is 0 Å². The second-order valence-electron chi connectivity index (χ2n) is 5.33. The Balaban J connectivity index is 2.13. The smallest absolute Gasteiger partial charge is 0.292 e. The van der Waals surface area contributed by atoms with E-state index in [4.69, 9.17) is 0 Å². The van der Waals surface area contributed by atoms with Crippen LogP contribution in [0.5, 0.6) is 0 Å². The lowest BCUT2D eigenvalue weighted by Crippen LogP contribution is -2.36. The molecule has 6 nitrogen and oxygen atoms in total. The van der Waals surface area contributed by atoms with Crippen molar-refractivity contribution in [3.05, 3.63) is 33.9 Å². The Morgan fingerprint density at radius 1 is 1.33 bits per heavy atom. The molecule has 0 bridgehead atoms. The van der Waals surface area contributed by atoms with Gasteiger partial charge in [-0.2, -0.15) is 0 Å². The van der Waals surface area contributed by atoms with Gasteiger partial charge in [0.1, 0.15) is 5.69 Å². The summed E-state index contributed by atoms with van der Waals surface area (Å²) >= 11 is 0. The number of nitrogens with one attached hydrogen (secondary N) is 2. The summed E-state index contributed by atoms with van der Waals surface area (Å²) in [5.41, 5.74) is 0.840. The zero-order valence-electron chi connectivity index (χ0n) is 12.2. The van der Waals surface area contributed by atoms with Crippen LogP contribution in [0.3, 0.4) is 0 Å². The highest BCUT2D eigenvalue weighted by Gasteiger charge is 2.19. The lowest BCUT2D eigenvalue weighted by molar-refractivity contribution is -0.384. The molecular formula is C15H21N3O3. The van der Waals surface area contributed by atoms with Crippen molar-refractivity contribution in [3.63, 3.8) is 0 Å². The average molecular weight is 291 g/mol. The van der Waals surface area contributed by atoms with Crippen molar-refractivity contribution < 1.29 is 9.72 Å². The second kappa shape index (κ2) is 7.06. The van der Waals surface area contributed by atoms with E-state index in [1.54, 1.807) is 6.07 Å². The third-order valence-electron chi connectivity index (χ3n) is 3.76. The zero-order valence-corrected chi connectivity index (χ0v) is 12.2. The number of hydrogen-bond donors (Lipinski definition) is 2. The predicted octanol–water partition coefficient (Wildman–Crippen LogP) is 3.09. The van der Waals surface area contributed by atoms with Crippen LogP contribution in [0.15, 0.2) is 18.2 Å². The van der Waals surface area contributed by atoms with Crippen molar-refractivity contribution in [1.29, 1.82) is 0 Å². The maximum Gasteiger partial charge on any atom is 0.292 e. The van der Waals surface area contributed by atoms with E-state index in [0.717, 1.165) is 25.7 Å². The fourth-order valence-corrected chi connectivity index (χ4v) is 2.68. The number of rotatable bonds is 5. The number of benzene rings is 1. The second-order valence-corrected chi connectivity index (χ2v) is 5.33. The van der Waals surface area contributed by atoms with Crippen LogP contribution in [0.2, 0.25) is 0 Å². The quantitative estimate of drug-likeness (QED) is 0.645. The summed E-state index contributed by atoms with van der Waals surface area (Å²) in [6.07, 6.45) is 5.55. The molecule has 0 atom stereocenters. The highest BCUT2D eigenvalue weighted by Crippen LogP contribution is 2.25. The highest BCUT2D eigenvalue weighted by atomic mass is 16.6. The standard InChI is InChI=1S/C15H21N3O3/c1-2-16-13-10-11(8-9-14(13)18(20)21)15(19)17-12-6-4-3-5-7-12/h8-10,12,16H,2-7H2,1H3,(H,17,19). The number of nitro groups is 1. The van der Waals surface area contributed by atoms with Crippen molar-refractivity contribution >= 4 is 17.3 Å². The first-order chi connectivity index (χ1) is 10.1. The summed E-state index contributed by atoms with van der Waals surface area (Å²) in [6, 6.07) is 4.68. The molecule has 1 aliphatic rings. The average Bonchev–Trinajstić information content (AvgIpc) is 2.48. The molecule has 0 saturated heterocycles. The first-order valence-corrected chi connectivity index (χ1v) is 7.45. The van der Waals surface area contributed by atoms with Gasteiger partial charge < -0.3 is 10.6 Å². The number of nitrogens with zero attached hydrogens (tertiary/aromatic N) is 1. The van der Waals surface area contributed by atoms with Gasteiger partial charge in [0, 0.05) is 24.2 Å². The first kappa shape index (κ1) is 15.3. The minimum Gasteiger partial charge on any atom is -0.380 e. The van der Waals surface area contributed by atoms with E-state index in [2.05, 4.69) is 10.6 Å². The molecule has 1 fully saturated rings. The summed E-state index contributed by atoms with van der Waals surface area (Å²) in [4.78, 5) is 22.8. The minimum atomic E-state index is -0.444. The van der Waals surface area contributed by atoms with Crippen molar-refractivity contribution in [1.82, 2.24) is 5.32 Å². The Kier molecular flexibility index (Phi) is 5.14. The molecule has 1 saturated carbocycles. The predicted molar refractivity (Wildman–Crippen MR) is 81.6 cm³/mol. The van der Waals surface area contributed by atoms with Gasteiger partial charge in [0.05, 0.1) is 4.92 Å². The van der Waals surface area contributed by atoms with Crippen molar-refractivity contribution in [2.24, 2.45) is 0 Å². The Morgan fingerprint density at radius 2 is 2.05 bits per heavy atom. The summed E-state index contributed by atoms with van der Waals surface area (Å²) in [5.74, 6) is -0.157. The van der Waals surface area contributed by atoms with Gasteiger partial charge in [-0.05, 0) is 31.9 Å². The van der Waals surface area contributed by atoms with Crippen LogP contribution in [0.1, 0.15) is 49.4 Å². The molecule has 0 radical (unpaired) electrons. The SMILES string of the molecule is CCNc1cc(C(=O)NC2CCCCC2)ccc1[N+](=O)[O-]. The maximum atomic E-state index is 12.2. The molecule has 1 aromatic carbocycles. The first-order valence-electron chi connectivity index (χ1n) is 7.45. The van der Waals surface area contributed by atoms with Crippen LogP contribution in [0.4, 0.5) is 11.4 Å². The van der Waals surface area contributed by atoms with E-state index < -0.39 is 4.92 Å². The van der Waals surface area contributed by atoms with E-state index in [9.17, 15) is 14.9 Å².